The second-order valence-corrected chi connectivity index (χ2v) is 6.21. The van der Waals surface area contributed by atoms with Gasteiger partial charge in [-0.3, -0.25) is 9.59 Å². The highest BCUT2D eigenvalue weighted by atomic mass is 17.1. The highest BCUT2D eigenvalue weighted by molar-refractivity contribution is 6.13. The molecule has 0 radical (unpaired) electrons. The van der Waals surface area contributed by atoms with Crippen LogP contribution in [0.15, 0.2) is 42.5 Å². The molecule has 1 aliphatic carbocycles. The predicted octanol–water partition coefficient (Wildman–Crippen LogP) is 3.43. The fourth-order valence-electron chi connectivity index (χ4n) is 2.88. The average molecular weight is 326 g/mol. The van der Waals surface area contributed by atoms with Crippen LogP contribution in [0.3, 0.4) is 0 Å². The Hall–Kier alpha value is -2.50. The maximum atomic E-state index is 12.8. The Morgan fingerprint density at radius 2 is 1.75 bits per heavy atom. The van der Waals surface area contributed by atoms with Crippen molar-refractivity contribution in [2.24, 2.45) is 5.92 Å². The number of rotatable bonds is 3. The lowest BCUT2D eigenvalue weighted by Crippen LogP contribution is -2.42. The maximum absolute atomic E-state index is 12.8. The molecule has 1 unspecified atom stereocenters. The van der Waals surface area contributed by atoms with Crippen molar-refractivity contribution in [3.63, 3.8) is 0 Å². The molecule has 0 saturated carbocycles. The van der Waals surface area contributed by atoms with Crippen molar-refractivity contribution >= 4 is 11.8 Å². The molecule has 0 bridgehead atoms. The van der Waals surface area contributed by atoms with Crippen LogP contribution in [0, 0.1) is 12.8 Å². The van der Waals surface area contributed by atoms with E-state index in [1.807, 2.05) is 6.92 Å². The lowest BCUT2D eigenvalue weighted by molar-refractivity contribution is -0.385. The van der Waals surface area contributed by atoms with Gasteiger partial charge < -0.3 is 4.74 Å². The lowest BCUT2D eigenvalue weighted by atomic mass is 9.80. The molecular formula is C19H18O5. The number of carbonyl (C=O) groups is 2. The molecule has 5 nitrogen and oxygen atoms in total. The highest BCUT2D eigenvalue weighted by Crippen LogP contribution is 2.43. The lowest BCUT2D eigenvalue weighted by Gasteiger charge is -2.36. The molecule has 2 aromatic rings. The third-order valence-electron chi connectivity index (χ3n) is 4.14. The van der Waals surface area contributed by atoms with Crippen LogP contribution in [-0.4, -0.2) is 17.0 Å². The number of carbonyl (C=O) groups excluding carboxylic acids is 2. The summed E-state index contributed by atoms with van der Waals surface area (Å²) in [6, 6.07) is 11.8. The number of ether oxygens (including phenoxy) is 1. The third kappa shape index (κ3) is 2.33. The first-order valence-electron chi connectivity index (χ1n) is 7.71. The minimum Gasteiger partial charge on any atom is -0.421 e. The van der Waals surface area contributed by atoms with Gasteiger partial charge >= 0.3 is 5.97 Å². The summed E-state index contributed by atoms with van der Waals surface area (Å²) >= 11 is 0. The number of esters is 1. The van der Waals surface area contributed by atoms with Crippen LogP contribution < -0.4 is 0 Å². The smallest absolute Gasteiger partial charge is 0.311 e. The van der Waals surface area contributed by atoms with E-state index < -0.39 is 17.7 Å². The standard InChI is InChI=1S/C19H18O5/c1-11(2)18(21)23-19(24-22)15-7-5-4-6-13(15)17(20)14-10-12(3)8-9-16(14)19/h4-11,22H,1-3H3. The fraction of sp³-hybridized carbons (Fsp3) is 0.263. The number of hydrogen-bond acceptors (Lipinski definition) is 5. The van der Waals surface area contributed by atoms with E-state index in [4.69, 9.17) is 9.62 Å². The van der Waals surface area contributed by atoms with Crippen molar-refractivity contribution < 1.29 is 24.5 Å². The topological polar surface area (TPSA) is 72.8 Å². The molecule has 3 rings (SSSR count). The van der Waals surface area contributed by atoms with Crippen molar-refractivity contribution in [1.82, 2.24) is 0 Å². The number of hydrogen-bond donors (Lipinski definition) is 1. The zero-order chi connectivity index (χ0) is 17.5. The summed E-state index contributed by atoms with van der Waals surface area (Å²) in [5.41, 5.74) is 2.18. The van der Waals surface area contributed by atoms with Crippen molar-refractivity contribution in [1.29, 1.82) is 0 Å². The molecule has 1 N–H and O–H groups in total. The molecule has 2 aromatic carbocycles. The normalized spacial score (nSPS) is 19.0. The Morgan fingerprint density at radius 1 is 1.08 bits per heavy atom. The predicted molar refractivity (Wildman–Crippen MR) is 86.5 cm³/mol. The first kappa shape index (κ1) is 16.4. The molecule has 0 amide bonds. The van der Waals surface area contributed by atoms with E-state index in [2.05, 4.69) is 0 Å². The van der Waals surface area contributed by atoms with Crippen molar-refractivity contribution in [2.75, 3.05) is 0 Å². The fourth-order valence-corrected chi connectivity index (χ4v) is 2.88. The molecule has 1 atom stereocenters. The van der Waals surface area contributed by atoms with E-state index in [9.17, 15) is 14.8 Å². The summed E-state index contributed by atoms with van der Waals surface area (Å²) in [5, 5.41) is 9.73. The Labute approximate surface area is 139 Å². The zero-order valence-corrected chi connectivity index (χ0v) is 13.7. The van der Waals surface area contributed by atoms with Gasteiger partial charge in [0, 0.05) is 22.3 Å². The molecule has 124 valence electrons. The molecule has 0 fully saturated rings. The van der Waals surface area contributed by atoms with Crippen molar-refractivity contribution in [3.8, 4) is 0 Å². The van der Waals surface area contributed by atoms with Gasteiger partial charge in [0.2, 0.25) is 0 Å². The van der Waals surface area contributed by atoms with E-state index in [1.54, 1.807) is 56.3 Å². The molecule has 0 saturated heterocycles. The molecule has 1 aliphatic rings. The Balaban J connectivity index is 2.30. The van der Waals surface area contributed by atoms with Crippen LogP contribution in [0.1, 0.15) is 46.5 Å². The van der Waals surface area contributed by atoms with E-state index in [1.165, 1.54) is 0 Å². The largest absolute Gasteiger partial charge is 0.421 e. The van der Waals surface area contributed by atoms with E-state index in [-0.39, 0.29) is 5.78 Å². The molecule has 0 heterocycles. The van der Waals surface area contributed by atoms with Gasteiger partial charge in [0.15, 0.2) is 5.78 Å². The second kappa shape index (κ2) is 5.85. The number of fused-ring (bicyclic) bond motifs is 2. The Bertz CT molecular complexity index is 824. The first-order valence-corrected chi connectivity index (χ1v) is 7.71. The number of aryl methyl sites for hydroxylation is 1. The minimum atomic E-state index is -1.85. The van der Waals surface area contributed by atoms with Gasteiger partial charge in [-0.2, -0.15) is 4.89 Å². The van der Waals surface area contributed by atoms with Gasteiger partial charge in [-0.05, 0) is 13.0 Å². The van der Waals surface area contributed by atoms with Gasteiger partial charge in [-0.25, -0.2) is 5.26 Å². The van der Waals surface area contributed by atoms with Gasteiger partial charge in [0.1, 0.15) is 0 Å². The molecule has 5 heteroatoms. The third-order valence-corrected chi connectivity index (χ3v) is 4.14. The van der Waals surface area contributed by atoms with E-state index in [0.29, 0.717) is 22.3 Å². The summed E-state index contributed by atoms with van der Waals surface area (Å²) in [6.07, 6.45) is 0. The summed E-state index contributed by atoms with van der Waals surface area (Å²) in [4.78, 5) is 29.8. The van der Waals surface area contributed by atoms with Crippen LogP contribution in [0.2, 0.25) is 0 Å². The van der Waals surface area contributed by atoms with Crippen LogP contribution in [0.25, 0.3) is 0 Å². The first-order chi connectivity index (χ1) is 11.4. The Morgan fingerprint density at radius 3 is 2.42 bits per heavy atom. The average Bonchev–Trinajstić information content (AvgIpc) is 2.58. The molecular weight excluding hydrogens is 308 g/mol. The molecule has 24 heavy (non-hydrogen) atoms. The number of ketones is 1. The molecule has 0 aromatic heterocycles. The summed E-state index contributed by atoms with van der Waals surface area (Å²) in [6.45, 7) is 5.22. The summed E-state index contributed by atoms with van der Waals surface area (Å²) in [7, 11) is 0. The van der Waals surface area contributed by atoms with E-state index in [0.717, 1.165) is 5.56 Å². The second-order valence-electron chi connectivity index (χ2n) is 6.21. The quantitative estimate of drug-likeness (QED) is 0.405. The number of benzene rings is 2. The van der Waals surface area contributed by atoms with Crippen LogP contribution >= 0.6 is 0 Å². The zero-order valence-electron chi connectivity index (χ0n) is 13.7. The van der Waals surface area contributed by atoms with Gasteiger partial charge in [-0.15, -0.1) is 0 Å². The summed E-state index contributed by atoms with van der Waals surface area (Å²) in [5.74, 6) is -3.01. The molecule has 0 aliphatic heterocycles. The van der Waals surface area contributed by atoms with Gasteiger partial charge in [0.25, 0.3) is 5.79 Å². The minimum absolute atomic E-state index is 0.197. The highest BCUT2D eigenvalue weighted by Gasteiger charge is 2.49. The van der Waals surface area contributed by atoms with Crippen LogP contribution in [0.4, 0.5) is 0 Å². The summed E-state index contributed by atoms with van der Waals surface area (Å²) < 4.78 is 5.57. The van der Waals surface area contributed by atoms with Crippen LogP contribution in [-0.2, 0) is 20.2 Å². The van der Waals surface area contributed by atoms with Gasteiger partial charge in [-0.1, -0.05) is 55.8 Å². The van der Waals surface area contributed by atoms with Gasteiger partial charge in [0.05, 0.1) is 5.92 Å². The monoisotopic (exact) mass is 326 g/mol. The SMILES string of the molecule is Cc1ccc2c(c1)C(=O)c1ccccc1C2(OO)OC(=O)C(C)C. The van der Waals surface area contributed by atoms with E-state index >= 15 is 0 Å². The van der Waals surface area contributed by atoms with Crippen molar-refractivity contribution in [2.45, 2.75) is 26.6 Å². The van der Waals surface area contributed by atoms with Crippen molar-refractivity contribution in [3.05, 3.63) is 70.3 Å². The molecule has 0 spiro atoms. The van der Waals surface area contributed by atoms with Crippen LogP contribution in [0.5, 0.6) is 0 Å². The maximum Gasteiger partial charge on any atom is 0.311 e. The Kier molecular flexibility index (Phi) is 3.99.